The molecule has 0 radical (unpaired) electrons. The Bertz CT molecular complexity index is 759. The lowest BCUT2D eigenvalue weighted by Crippen LogP contribution is -2.27. The summed E-state index contributed by atoms with van der Waals surface area (Å²) < 4.78 is 36.2. The summed E-state index contributed by atoms with van der Waals surface area (Å²) in [5.41, 5.74) is 1.07. The number of ketones is 1. The number of aromatic nitrogens is 2. The van der Waals surface area contributed by atoms with E-state index < -0.39 is 24.3 Å². The number of carbonyl (C=O) groups excluding carboxylic acids is 2. The van der Waals surface area contributed by atoms with Gasteiger partial charge in [0.2, 0.25) is 11.7 Å². The minimum absolute atomic E-state index is 0.0222. The highest BCUT2D eigenvalue weighted by Crippen LogP contribution is 2.28. The number of H-pyrrole nitrogens is 1. The smallest absolute Gasteiger partial charge is 0.309 e. The van der Waals surface area contributed by atoms with Gasteiger partial charge < -0.3 is 5.32 Å². The van der Waals surface area contributed by atoms with Gasteiger partial charge >= 0.3 is 6.18 Å². The van der Waals surface area contributed by atoms with Crippen molar-refractivity contribution in [3.05, 3.63) is 34.3 Å². The number of Topliss-reactive ketones (excluding diaryl/α,β-unsaturated/α-hetero) is 1. The van der Waals surface area contributed by atoms with Crippen LogP contribution in [0.4, 0.5) is 19.0 Å². The Morgan fingerprint density at radius 2 is 1.87 bits per heavy atom. The van der Waals surface area contributed by atoms with E-state index >= 15 is 0 Å². The molecule has 0 aliphatic heterocycles. The van der Waals surface area contributed by atoms with E-state index in [1.54, 1.807) is 18.2 Å². The first kappa shape index (κ1) is 17.3. The van der Waals surface area contributed by atoms with Gasteiger partial charge in [0.1, 0.15) is 0 Å². The van der Waals surface area contributed by atoms with Crippen LogP contribution in [0.25, 0.3) is 11.3 Å². The summed E-state index contributed by atoms with van der Waals surface area (Å²) in [5.74, 6) is -3.26. The fourth-order valence-corrected chi connectivity index (χ4v) is 1.93. The van der Waals surface area contributed by atoms with Gasteiger partial charge in [-0.2, -0.15) is 18.3 Å². The monoisotopic (exact) mass is 365 g/mol. The lowest BCUT2D eigenvalue weighted by Gasteiger charge is -2.04. The average Bonchev–Trinajstić information content (AvgIpc) is 2.89. The van der Waals surface area contributed by atoms with Crippen LogP contribution in [0.2, 0.25) is 10.0 Å². The van der Waals surface area contributed by atoms with Crippen LogP contribution in [0, 0.1) is 0 Å². The van der Waals surface area contributed by atoms with E-state index in [2.05, 4.69) is 15.5 Å². The Balaban J connectivity index is 2.06. The normalized spacial score (nSPS) is 11.3. The number of anilines is 1. The third-order valence-corrected chi connectivity index (χ3v) is 3.45. The standard InChI is InChI=1S/C13H8Cl2F3N3O2/c14-7-2-1-6(3-8(7)15)9-4-11(21-20-9)19-12(23)5-10(22)13(16,17)18/h1-4H,5H2,(H2,19,20,21,23). The summed E-state index contributed by atoms with van der Waals surface area (Å²) in [7, 11) is 0. The molecule has 0 atom stereocenters. The molecule has 0 bridgehead atoms. The van der Waals surface area contributed by atoms with Crippen LogP contribution in [-0.2, 0) is 9.59 Å². The first-order chi connectivity index (χ1) is 10.7. The summed E-state index contributed by atoms with van der Waals surface area (Å²) in [6, 6.07) is 6.13. The molecule has 0 aliphatic carbocycles. The number of nitrogens with zero attached hydrogens (tertiary/aromatic N) is 1. The molecule has 23 heavy (non-hydrogen) atoms. The van der Waals surface area contributed by atoms with Crippen molar-refractivity contribution in [2.24, 2.45) is 0 Å². The van der Waals surface area contributed by atoms with Crippen molar-refractivity contribution in [2.45, 2.75) is 12.6 Å². The van der Waals surface area contributed by atoms with Crippen LogP contribution in [0.1, 0.15) is 6.42 Å². The van der Waals surface area contributed by atoms with Crippen LogP contribution >= 0.6 is 23.2 Å². The van der Waals surface area contributed by atoms with Crippen molar-refractivity contribution >= 4 is 40.7 Å². The molecule has 0 saturated carbocycles. The molecule has 0 saturated heterocycles. The average molecular weight is 366 g/mol. The molecule has 0 unspecified atom stereocenters. The molecule has 1 amide bonds. The molecular weight excluding hydrogens is 358 g/mol. The number of halogens is 5. The van der Waals surface area contributed by atoms with E-state index in [0.717, 1.165) is 0 Å². The number of benzene rings is 1. The highest BCUT2D eigenvalue weighted by atomic mass is 35.5. The molecule has 0 aliphatic rings. The Morgan fingerprint density at radius 3 is 2.48 bits per heavy atom. The van der Waals surface area contributed by atoms with Crippen molar-refractivity contribution in [3.63, 3.8) is 0 Å². The van der Waals surface area contributed by atoms with Gasteiger partial charge in [-0.25, -0.2) is 0 Å². The van der Waals surface area contributed by atoms with Crippen molar-refractivity contribution in [1.82, 2.24) is 10.2 Å². The lowest BCUT2D eigenvalue weighted by atomic mass is 10.1. The second kappa shape index (κ2) is 6.59. The highest BCUT2D eigenvalue weighted by Gasteiger charge is 2.39. The SMILES string of the molecule is O=C(CC(=O)C(F)(F)F)Nc1cc(-c2ccc(Cl)c(Cl)c2)[nH]n1. The number of rotatable bonds is 4. The van der Waals surface area contributed by atoms with Gasteiger partial charge in [-0.3, -0.25) is 14.7 Å². The maximum absolute atomic E-state index is 12.1. The van der Waals surface area contributed by atoms with Crippen LogP contribution in [0.3, 0.4) is 0 Å². The molecule has 1 aromatic carbocycles. The Hall–Kier alpha value is -2.06. The van der Waals surface area contributed by atoms with Crippen LogP contribution in [0.15, 0.2) is 24.3 Å². The number of amides is 1. The summed E-state index contributed by atoms with van der Waals surface area (Å²) in [4.78, 5) is 22.1. The van der Waals surface area contributed by atoms with Crippen LogP contribution in [-0.4, -0.2) is 28.1 Å². The number of hydrogen-bond donors (Lipinski definition) is 2. The number of alkyl halides is 3. The second-order valence-electron chi connectivity index (χ2n) is 4.44. The largest absolute Gasteiger partial charge is 0.450 e. The maximum Gasteiger partial charge on any atom is 0.450 e. The van der Waals surface area contributed by atoms with E-state index in [1.807, 2.05) is 0 Å². The maximum atomic E-state index is 12.1. The fraction of sp³-hybridized carbons (Fsp3) is 0.154. The molecule has 1 heterocycles. The van der Waals surface area contributed by atoms with E-state index in [9.17, 15) is 22.8 Å². The van der Waals surface area contributed by atoms with Gasteiger partial charge in [0.25, 0.3) is 0 Å². The summed E-state index contributed by atoms with van der Waals surface area (Å²) in [6.07, 6.45) is -6.35. The minimum atomic E-state index is -5.05. The molecule has 0 spiro atoms. The molecule has 5 nitrogen and oxygen atoms in total. The fourth-order valence-electron chi connectivity index (χ4n) is 1.63. The van der Waals surface area contributed by atoms with Gasteiger partial charge in [0.05, 0.1) is 22.2 Å². The Labute approximate surface area is 137 Å². The Morgan fingerprint density at radius 1 is 1.17 bits per heavy atom. The quantitative estimate of drug-likeness (QED) is 0.808. The molecule has 1 aromatic heterocycles. The van der Waals surface area contributed by atoms with Gasteiger partial charge in [-0.05, 0) is 12.1 Å². The van der Waals surface area contributed by atoms with Crippen LogP contribution in [0.5, 0.6) is 0 Å². The third kappa shape index (κ3) is 4.46. The zero-order chi connectivity index (χ0) is 17.2. The van der Waals surface area contributed by atoms with E-state index in [-0.39, 0.29) is 5.82 Å². The summed E-state index contributed by atoms with van der Waals surface area (Å²) >= 11 is 11.7. The van der Waals surface area contributed by atoms with Crippen LogP contribution < -0.4 is 5.32 Å². The van der Waals surface area contributed by atoms with Crippen molar-refractivity contribution < 1.29 is 22.8 Å². The van der Waals surface area contributed by atoms with Crippen molar-refractivity contribution in [1.29, 1.82) is 0 Å². The number of aromatic amines is 1. The van der Waals surface area contributed by atoms with Gasteiger partial charge in [0.15, 0.2) is 5.82 Å². The summed E-state index contributed by atoms with van der Waals surface area (Å²) in [5, 5.41) is 9.07. The summed E-state index contributed by atoms with van der Waals surface area (Å²) in [6.45, 7) is 0. The van der Waals surface area contributed by atoms with Crippen molar-refractivity contribution in [2.75, 3.05) is 5.32 Å². The molecule has 2 rings (SSSR count). The molecule has 10 heteroatoms. The zero-order valence-corrected chi connectivity index (χ0v) is 12.7. The van der Waals surface area contributed by atoms with E-state index in [1.165, 1.54) is 6.07 Å². The van der Waals surface area contributed by atoms with E-state index in [0.29, 0.717) is 21.3 Å². The molecular formula is C13H8Cl2F3N3O2. The van der Waals surface area contributed by atoms with Gasteiger partial charge in [-0.1, -0.05) is 29.3 Å². The molecule has 2 aromatic rings. The Kier molecular flexibility index (Phi) is 4.96. The number of carbonyl (C=O) groups is 2. The van der Waals surface area contributed by atoms with Gasteiger partial charge in [0, 0.05) is 11.6 Å². The third-order valence-electron chi connectivity index (χ3n) is 2.71. The first-order valence-corrected chi connectivity index (χ1v) is 6.83. The van der Waals surface area contributed by atoms with E-state index in [4.69, 9.17) is 23.2 Å². The number of hydrogen-bond acceptors (Lipinski definition) is 3. The van der Waals surface area contributed by atoms with Crippen molar-refractivity contribution in [3.8, 4) is 11.3 Å². The highest BCUT2D eigenvalue weighted by molar-refractivity contribution is 6.42. The molecule has 122 valence electrons. The lowest BCUT2D eigenvalue weighted by molar-refractivity contribution is -0.171. The second-order valence-corrected chi connectivity index (χ2v) is 5.26. The number of nitrogens with one attached hydrogen (secondary N) is 2. The predicted molar refractivity (Wildman–Crippen MR) is 78.4 cm³/mol. The zero-order valence-electron chi connectivity index (χ0n) is 11.2. The van der Waals surface area contributed by atoms with Gasteiger partial charge in [-0.15, -0.1) is 0 Å². The first-order valence-electron chi connectivity index (χ1n) is 6.07. The molecule has 0 fully saturated rings. The topological polar surface area (TPSA) is 74.8 Å². The predicted octanol–water partition coefficient (Wildman–Crippen LogP) is 3.84. The minimum Gasteiger partial charge on any atom is -0.309 e. The molecule has 2 N–H and O–H groups in total.